The average Bonchev–Trinajstić information content (AvgIpc) is 3.10. The highest BCUT2D eigenvalue weighted by molar-refractivity contribution is 5.83. The van der Waals surface area contributed by atoms with Crippen LogP contribution in [0, 0.1) is 5.92 Å². The molecule has 0 spiro atoms. The van der Waals surface area contributed by atoms with Crippen molar-refractivity contribution in [3.8, 4) is 0 Å². The molecule has 126 valence electrons. The van der Waals surface area contributed by atoms with Crippen LogP contribution in [0.1, 0.15) is 12.0 Å². The molecule has 4 rings (SSSR count). The van der Waals surface area contributed by atoms with Crippen molar-refractivity contribution in [2.75, 3.05) is 39.4 Å². The van der Waals surface area contributed by atoms with Gasteiger partial charge in [0.25, 0.3) is 0 Å². The molecule has 2 aromatic rings. The van der Waals surface area contributed by atoms with Crippen molar-refractivity contribution >= 4 is 16.7 Å². The molecule has 4 nitrogen and oxygen atoms in total. The molecule has 4 heteroatoms. The van der Waals surface area contributed by atoms with Crippen molar-refractivity contribution in [1.29, 1.82) is 0 Å². The lowest BCUT2D eigenvalue weighted by Crippen LogP contribution is -2.44. The molecule has 1 amide bonds. The number of rotatable bonds is 3. The third kappa shape index (κ3) is 3.30. The summed E-state index contributed by atoms with van der Waals surface area (Å²) in [4.78, 5) is 17.0. The lowest BCUT2D eigenvalue weighted by atomic mass is 10.1. The Labute approximate surface area is 143 Å². The molecule has 1 atom stereocenters. The van der Waals surface area contributed by atoms with Crippen LogP contribution in [0.3, 0.4) is 0 Å². The predicted molar refractivity (Wildman–Crippen MR) is 94.7 cm³/mol. The minimum atomic E-state index is 0.156. The van der Waals surface area contributed by atoms with Crippen molar-refractivity contribution in [2.24, 2.45) is 5.92 Å². The Hall–Kier alpha value is -1.91. The average molecular weight is 324 g/mol. The molecule has 2 heterocycles. The van der Waals surface area contributed by atoms with E-state index < -0.39 is 0 Å². The van der Waals surface area contributed by atoms with E-state index in [0.29, 0.717) is 19.1 Å². The molecule has 0 bridgehead atoms. The quantitative estimate of drug-likeness (QED) is 0.870. The van der Waals surface area contributed by atoms with E-state index in [1.807, 2.05) is 4.90 Å². The Morgan fingerprint density at radius 1 is 1.04 bits per heavy atom. The minimum Gasteiger partial charge on any atom is -0.378 e. The second-order valence-corrected chi connectivity index (χ2v) is 6.84. The van der Waals surface area contributed by atoms with Gasteiger partial charge in [0.2, 0.25) is 5.91 Å². The predicted octanol–water partition coefficient (Wildman–Crippen LogP) is 2.52. The summed E-state index contributed by atoms with van der Waals surface area (Å²) in [7, 11) is 0. The number of nitrogens with zero attached hydrogens (tertiary/aromatic N) is 2. The van der Waals surface area contributed by atoms with Gasteiger partial charge in [0.15, 0.2) is 0 Å². The molecular weight excluding hydrogens is 300 g/mol. The Morgan fingerprint density at radius 3 is 2.67 bits per heavy atom. The molecule has 0 N–H and O–H groups in total. The number of hydrogen-bond donors (Lipinski definition) is 0. The standard InChI is InChI=1S/C20H24N2O2/c23-20(22-9-11-24-12-10-22)19-7-8-21(15-19)14-16-5-6-17-3-1-2-4-18(17)13-16/h1-6,13,19H,7-12,14-15H2. The van der Waals surface area contributed by atoms with Gasteiger partial charge in [-0.05, 0) is 35.4 Å². The van der Waals surface area contributed by atoms with E-state index in [0.717, 1.165) is 39.1 Å². The molecule has 2 aliphatic heterocycles. The fourth-order valence-electron chi connectivity index (χ4n) is 3.82. The molecule has 2 aliphatic rings. The SMILES string of the molecule is O=C(C1CCN(Cc2ccc3ccccc3c2)C1)N1CCOCC1. The van der Waals surface area contributed by atoms with Gasteiger partial charge in [-0.25, -0.2) is 0 Å². The van der Waals surface area contributed by atoms with Crippen molar-refractivity contribution in [2.45, 2.75) is 13.0 Å². The smallest absolute Gasteiger partial charge is 0.227 e. The highest BCUT2D eigenvalue weighted by Gasteiger charge is 2.31. The van der Waals surface area contributed by atoms with Gasteiger partial charge in [-0.1, -0.05) is 36.4 Å². The summed E-state index contributed by atoms with van der Waals surface area (Å²) in [5, 5.41) is 2.57. The monoisotopic (exact) mass is 324 g/mol. The second-order valence-electron chi connectivity index (χ2n) is 6.84. The van der Waals surface area contributed by atoms with Crippen molar-refractivity contribution in [1.82, 2.24) is 9.80 Å². The molecule has 0 aliphatic carbocycles. The number of benzene rings is 2. The van der Waals surface area contributed by atoms with Gasteiger partial charge in [0, 0.05) is 26.2 Å². The highest BCUT2D eigenvalue weighted by Crippen LogP contribution is 2.23. The maximum Gasteiger partial charge on any atom is 0.227 e. The maximum absolute atomic E-state index is 12.6. The van der Waals surface area contributed by atoms with Crippen molar-refractivity contribution in [3.63, 3.8) is 0 Å². The fourth-order valence-corrected chi connectivity index (χ4v) is 3.82. The van der Waals surface area contributed by atoms with E-state index in [-0.39, 0.29) is 5.92 Å². The van der Waals surface area contributed by atoms with Gasteiger partial charge in [-0.2, -0.15) is 0 Å². The molecule has 2 aromatic carbocycles. The molecule has 2 saturated heterocycles. The number of likely N-dealkylation sites (tertiary alicyclic amines) is 1. The van der Waals surface area contributed by atoms with Gasteiger partial charge in [0.05, 0.1) is 19.1 Å². The largest absolute Gasteiger partial charge is 0.378 e. The second kappa shape index (κ2) is 6.91. The van der Waals surface area contributed by atoms with E-state index in [2.05, 4.69) is 47.4 Å². The summed E-state index contributed by atoms with van der Waals surface area (Å²) in [6.07, 6.45) is 0.976. The number of hydrogen-bond acceptors (Lipinski definition) is 3. The lowest BCUT2D eigenvalue weighted by molar-refractivity contribution is -0.139. The first-order valence-electron chi connectivity index (χ1n) is 8.86. The summed E-state index contributed by atoms with van der Waals surface area (Å²) >= 11 is 0. The number of carbonyl (C=O) groups is 1. The van der Waals surface area contributed by atoms with Gasteiger partial charge in [-0.15, -0.1) is 0 Å². The van der Waals surface area contributed by atoms with Crippen molar-refractivity contribution in [3.05, 3.63) is 48.0 Å². The Balaban J connectivity index is 1.38. The lowest BCUT2D eigenvalue weighted by Gasteiger charge is -2.29. The van der Waals surface area contributed by atoms with Gasteiger partial charge in [-0.3, -0.25) is 9.69 Å². The zero-order valence-corrected chi connectivity index (χ0v) is 14.0. The van der Waals surface area contributed by atoms with Crippen LogP contribution >= 0.6 is 0 Å². The number of morpholine rings is 1. The zero-order chi connectivity index (χ0) is 16.4. The van der Waals surface area contributed by atoms with Crippen LogP contribution in [0.15, 0.2) is 42.5 Å². The summed E-state index contributed by atoms with van der Waals surface area (Å²) in [5.74, 6) is 0.475. The van der Waals surface area contributed by atoms with Crippen LogP contribution in [0.5, 0.6) is 0 Å². The zero-order valence-electron chi connectivity index (χ0n) is 14.0. The molecule has 0 radical (unpaired) electrons. The third-order valence-electron chi connectivity index (χ3n) is 5.16. The first-order chi connectivity index (χ1) is 11.8. The van der Waals surface area contributed by atoms with Crippen LogP contribution in [-0.4, -0.2) is 55.1 Å². The summed E-state index contributed by atoms with van der Waals surface area (Å²) < 4.78 is 5.34. The number of fused-ring (bicyclic) bond motifs is 1. The minimum absolute atomic E-state index is 0.156. The first kappa shape index (κ1) is 15.6. The van der Waals surface area contributed by atoms with Crippen LogP contribution in [0.25, 0.3) is 10.8 Å². The van der Waals surface area contributed by atoms with Crippen LogP contribution < -0.4 is 0 Å². The molecule has 2 fully saturated rings. The highest BCUT2D eigenvalue weighted by atomic mass is 16.5. The molecular formula is C20H24N2O2. The van der Waals surface area contributed by atoms with Gasteiger partial charge < -0.3 is 9.64 Å². The molecule has 24 heavy (non-hydrogen) atoms. The van der Waals surface area contributed by atoms with E-state index >= 15 is 0 Å². The van der Waals surface area contributed by atoms with E-state index in [1.165, 1.54) is 16.3 Å². The number of amides is 1. The first-order valence-corrected chi connectivity index (χ1v) is 8.86. The van der Waals surface area contributed by atoms with Crippen LogP contribution in [-0.2, 0) is 16.1 Å². The van der Waals surface area contributed by atoms with Gasteiger partial charge in [0.1, 0.15) is 0 Å². The van der Waals surface area contributed by atoms with E-state index in [9.17, 15) is 4.79 Å². The number of ether oxygens (including phenoxy) is 1. The Bertz CT molecular complexity index is 724. The fraction of sp³-hybridized carbons (Fsp3) is 0.450. The van der Waals surface area contributed by atoms with Crippen LogP contribution in [0.4, 0.5) is 0 Å². The maximum atomic E-state index is 12.6. The van der Waals surface area contributed by atoms with Crippen molar-refractivity contribution < 1.29 is 9.53 Å². The van der Waals surface area contributed by atoms with E-state index in [4.69, 9.17) is 4.74 Å². The molecule has 0 saturated carbocycles. The van der Waals surface area contributed by atoms with E-state index in [1.54, 1.807) is 0 Å². The Kier molecular flexibility index (Phi) is 4.50. The number of carbonyl (C=O) groups excluding carboxylic acids is 1. The third-order valence-corrected chi connectivity index (χ3v) is 5.16. The molecule has 0 aromatic heterocycles. The summed E-state index contributed by atoms with van der Waals surface area (Å²) in [5.41, 5.74) is 1.33. The summed E-state index contributed by atoms with van der Waals surface area (Å²) in [6.45, 7) is 5.67. The van der Waals surface area contributed by atoms with Gasteiger partial charge >= 0.3 is 0 Å². The summed E-state index contributed by atoms with van der Waals surface area (Å²) in [6, 6.07) is 15.1. The normalized spacial score (nSPS) is 22.2. The van der Waals surface area contributed by atoms with Crippen LogP contribution in [0.2, 0.25) is 0 Å². The Morgan fingerprint density at radius 2 is 1.83 bits per heavy atom. The topological polar surface area (TPSA) is 32.8 Å². The molecule has 1 unspecified atom stereocenters.